The van der Waals surface area contributed by atoms with Crippen molar-refractivity contribution < 1.29 is 29.1 Å². The van der Waals surface area contributed by atoms with E-state index in [0.717, 1.165) is 11.1 Å². The van der Waals surface area contributed by atoms with Crippen LogP contribution in [0.5, 0.6) is 11.5 Å². The Morgan fingerprint density at radius 1 is 0.587 bits per heavy atom. The second-order valence-electron chi connectivity index (χ2n) is 10.7. The van der Waals surface area contributed by atoms with Crippen molar-refractivity contribution in [1.29, 1.82) is 0 Å². The average Bonchev–Trinajstić information content (AvgIpc) is 3.05. The van der Waals surface area contributed by atoms with Gasteiger partial charge in [-0.3, -0.25) is 24.4 Å². The number of unbranched alkanes of at least 4 members (excludes halogenated alkanes) is 2. The number of nitrogens with zero attached hydrogens (tertiary/aromatic N) is 1. The van der Waals surface area contributed by atoms with Gasteiger partial charge in [-0.15, -0.1) is 0 Å². The Bertz CT molecular complexity index is 1500. The number of nitrogens with one attached hydrogen (secondary N) is 3. The first kappa shape index (κ1) is 33.4. The molecule has 0 atom stereocenters. The molecule has 0 aromatic heterocycles. The van der Waals surface area contributed by atoms with Crippen LogP contribution in [0.25, 0.3) is 0 Å². The lowest BCUT2D eigenvalue weighted by Crippen LogP contribution is -2.42. The first-order valence-corrected chi connectivity index (χ1v) is 15.1. The lowest BCUT2D eigenvalue weighted by atomic mass is 10.0. The van der Waals surface area contributed by atoms with Crippen molar-refractivity contribution in [2.45, 2.75) is 38.5 Å². The fourth-order valence-corrected chi connectivity index (χ4v) is 4.79. The summed E-state index contributed by atoms with van der Waals surface area (Å²) in [5, 5.41) is 14.3. The van der Waals surface area contributed by atoms with Crippen LogP contribution >= 0.6 is 0 Å². The Labute approximate surface area is 268 Å². The number of ether oxygens (including phenoxy) is 1. The molecule has 0 bridgehead atoms. The second kappa shape index (κ2) is 17.7. The Kier molecular flexibility index (Phi) is 12.9. The molecule has 46 heavy (non-hydrogen) atoms. The van der Waals surface area contributed by atoms with E-state index in [1.807, 2.05) is 78.9 Å². The van der Waals surface area contributed by atoms with Gasteiger partial charge in [0.15, 0.2) is 0 Å². The molecule has 4 aromatic carbocycles. The Morgan fingerprint density at radius 3 is 1.83 bits per heavy atom. The molecule has 0 aliphatic heterocycles. The van der Waals surface area contributed by atoms with Gasteiger partial charge < -0.3 is 20.3 Å². The summed E-state index contributed by atoms with van der Waals surface area (Å²) in [5.74, 6) is -0.585. The first-order valence-electron chi connectivity index (χ1n) is 15.1. The third-order valence-electron chi connectivity index (χ3n) is 7.00. The van der Waals surface area contributed by atoms with Crippen LogP contribution in [-0.4, -0.2) is 46.8 Å². The van der Waals surface area contributed by atoms with Crippen LogP contribution in [0.4, 0.5) is 11.4 Å². The number of rotatable bonds is 16. The summed E-state index contributed by atoms with van der Waals surface area (Å²) in [6.07, 6.45) is 2.43. The Morgan fingerprint density at radius 2 is 1.15 bits per heavy atom. The molecule has 0 radical (unpaired) electrons. The second-order valence-corrected chi connectivity index (χ2v) is 10.7. The number of carbonyl (C=O) groups is 4. The molecule has 0 spiro atoms. The third kappa shape index (κ3) is 11.5. The highest BCUT2D eigenvalue weighted by atomic mass is 16.5. The normalized spacial score (nSPS) is 10.5. The van der Waals surface area contributed by atoms with Gasteiger partial charge in [0.2, 0.25) is 23.6 Å². The van der Waals surface area contributed by atoms with Crippen molar-refractivity contribution in [3.63, 3.8) is 0 Å². The van der Waals surface area contributed by atoms with Crippen molar-refractivity contribution in [3.05, 3.63) is 120 Å². The molecule has 238 valence electrons. The summed E-state index contributed by atoms with van der Waals surface area (Å²) in [5.41, 5.74) is 4.82. The van der Waals surface area contributed by atoms with Crippen molar-refractivity contribution >= 4 is 35.0 Å². The third-order valence-corrected chi connectivity index (χ3v) is 7.00. The summed E-state index contributed by atoms with van der Waals surface area (Å²) in [7, 11) is 0. The zero-order chi connectivity index (χ0) is 32.6. The van der Waals surface area contributed by atoms with Crippen molar-refractivity contribution in [2.75, 3.05) is 23.7 Å². The lowest BCUT2D eigenvalue weighted by molar-refractivity contribution is -0.137. The van der Waals surface area contributed by atoms with Gasteiger partial charge in [-0.25, -0.2) is 5.48 Å². The van der Waals surface area contributed by atoms with E-state index >= 15 is 0 Å². The molecule has 0 aliphatic carbocycles. The number of benzene rings is 4. The van der Waals surface area contributed by atoms with Gasteiger partial charge in [0.05, 0.1) is 0 Å². The van der Waals surface area contributed by atoms with Gasteiger partial charge in [-0.2, -0.15) is 0 Å². The smallest absolute Gasteiger partial charge is 0.244 e. The van der Waals surface area contributed by atoms with Crippen LogP contribution in [0, 0.1) is 0 Å². The maximum atomic E-state index is 13.2. The molecule has 0 fully saturated rings. The number of para-hydroxylation sites is 1. The minimum Gasteiger partial charge on any atom is -0.457 e. The quantitative estimate of drug-likeness (QED) is 0.0695. The topological polar surface area (TPSA) is 137 Å². The number of anilines is 2. The first-order chi connectivity index (χ1) is 22.4. The van der Waals surface area contributed by atoms with Crippen molar-refractivity contribution in [1.82, 2.24) is 10.4 Å². The van der Waals surface area contributed by atoms with E-state index in [0.29, 0.717) is 48.6 Å². The summed E-state index contributed by atoms with van der Waals surface area (Å²) in [6, 6.07) is 33.6. The number of hydrogen-bond acceptors (Lipinski definition) is 6. The maximum Gasteiger partial charge on any atom is 0.244 e. The SMILES string of the molecule is O=C(CCCCCC(=O)N(CC(=O)Nc1cccc(Cc2ccccc2)c1)CC(=O)Nc1cccc(Oc2ccccc2)c1)NO. The molecule has 0 saturated heterocycles. The fraction of sp³-hybridized carbons (Fsp3) is 0.222. The molecule has 4 aromatic rings. The Balaban J connectivity index is 1.38. The molecule has 10 nitrogen and oxygen atoms in total. The highest BCUT2D eigenvalue weighted by Gasteiger charge is 2.21. The van der Waals surface area contributed by atoms with Gasteiger partial charge in [0.25, 0.3) is 0 Å². The van der Waals surface area contributed by atoms with E-state index in [1.165, 1.54) is 4.90 Å². The lowest BCUT2D eigenvalue weighted by Gasteiger charge is -2.22. The molecule has 4 rings (SSSR count). The molecule has 0 aliphatic rings. The van der Waals surface area contributed by atoms with E-state index in [9.17, 15) is 19.2 Å². The van der Waals surface area contributed by atoms with Gasteiger partial charge in [0, 0.05) is 30.3 Å². The maximum absolute atomic E-state index is 13.2. The monoisotopic (exact) mass is 622 g/mol. The predicted molar refractivity (Wildman–Crippen MR) is 176 cm³/mol. The number of carbonyl (C=O) groups excluding carboxylic acids is 4. The van der Waals surface area contributed by atoms with Gasteiger partial charge in [0.1, 0.15) is 24.6 Å². The van der Waals surface area contributed by atoms with Crippen molar-refractivity contribution in [2.24, 2.45) is 0 Å². The minimum atomic E-state index is -0.493. The molecule has 0 heterocycles. The molecular formula is C36H38N4O6. The van der Waals surface area contributed by atoms with E-state index in [2.05, 4.69) is 10.6 Å². The molecule has 0 saturated carbocycles. The van der Waals surface area contributed by atoms with E-state index < -0.39 is 17.7 Å². The van der Waals surface area contributed by atoms with Crippen LogP contribution in [0.2, 0.25) is 0 Å². The van der Waals surface area contributed by atoms with Crippen LogP contribution < -0.4 is 20.9 Å². The van der Waals surface area contributed by atoms with Crippen molar-refractivity contribution in [3.8, 4) is 11.5 Å². The van der Waals surface area contributed by atoms with E-state index in [-0.39, 0.29) is 31.8 Å². The average molecular weight is 623 g/mol. The Hall–Kier alpha value is -5.48. The van der Waals surface area contributed by atoms with Gasteiger partial charge in [-0.05, 0) is 66.8 Å². The van der Waals surface area contributed by atoms with Gasteiger partial charge >= 0.3 is 0 Å². The van der Waals surface area contributed by atoms with E-state index in [1.54, 1.807) is 35.8 Å². The van der Waals surface area contributed by atoms with Crippen LogP contribution in [0.3, 0.4) is 0 Å². The molecule has 0 unspecified atom stereocenters. The summed E-state index contributed by atoms with van der Waals surface area (Å²) >= 11 is 0. The largest absolute Gasteiger partial charge is 0.457 e. The molecule has 4 amide bonds. The number of hydrogen-bond donors (Lipinski definition) is 4. The zero-order valence-corrected chi connectivity index (χ0v) is 25.5. The molecular weight excluding hydrogens is 584 g/mol. The standard InChI is InChI=1S/C36H38N4O6/c41-33(39-45)20-8-3-9-21-36(44)40(25-34(42)37-29-15-10-14-28(23-29)22-27-12-4-1-5-13-27)26-35(43)38-30-16-11-19-32(24-30)46-31-17-6-2-7-18-31/h1-2,4-7,10-19,23-24,45H,3,8-9,20-22,25-26H2,(H,37,42)(H,38,43)(H,39,41). The summed E-state index contributed by atoms with van der Waals surface area (Å²) in [4.78, 5) is 51.9. The highest BCUT2D eigenvalue weighted by Crippen LogP contribution is 2.24. The zero-order valence-electron chi connectivity index (χ0n) is 25.5. The molecule has 4 N–H and O–H groups in total. The summed E-state index contributed by atoms with van der Waals surface area (Å²) in [6.45, 7) is -0.657. The van der Waals surface area contributed by atoms with E-state index in [4.69, 9.17) is 9.94 Å². The number of amides is 4. The van der Waals surface area contributed by atoms with Gasteiger partial charge in [-0.1, -0.05) is 73.2 Å². The predicted octanol–water partition coefficient (Wildman–Crippen LogP) is 5.93. The minimum absolute atomic E-state index is 0.0915. The fourth-order valence-electron chi connectivity index (χ4n) is 4.79. The molecule has 10 heteroatoms. The number of hydroxylamine groups is 1. The summed E-state index contributed by atoms with van der Waals surface area (Å²) < 4.78 is 5.85. The van der Waals surface area contributed by atoms with Crippen LogP contribution in [0.1, 0.15) is 43.2 Å². The van der Waals surface area contributed by atoms with Crippen LogP contribution in [0.15, 0.2) is 109 Å². The van der Waals surface area contributed by atoms with Crippen LogP contribution in [-0.2, 0) is 25.6 Å². The highest BCUT2D eigenvalue weighted by molar-refractivity contribution is 5.98.